The molecule has 2 aliphatic rings. The van der Waals surface area contributed by atoms with Crippen LogP contribution in [-0.4, -0.2) is 43.8 Å². The van der Waals surface area contributed by atoms with Crippen molar-refractivity contribution < 1.29 is 4.74 Å². The van der Waals surface area contributed by atoms with E-state index < -0.39 is 0 Å². The molecule has 0 bridgehead atoms. The van der Waals surface area contributed by atoms with Gasteiger partial charge in [-0.1, -0.05) is 0 Å². The van der Waals surface area contributed by atoms with E-state index >= 15 is 0 Å². The number of likely N-dealkylation sites (N-methyl/N-ethyl adjacent to an activating group) is 1. The fourth-order valence-electron chi connectivity index (χ4n) is 2.52. The van der Waals surface area contributed by atoms with Crippen LogP contribution < -0.4 is 5.73 Å². The van der Waals surface area contributed by atoms with E-state index in [0.717, 1.165) is 32.0 Å². The Hall–Kier alpha value is -0.120. The Balaban J connectivity index is 1.57. The van der Waals surface area contributed by atoms with E-state index in [0.29, 0.717) is 12.1 Å². The lowest BCUT2D eigenvalue weighted by Gasteiger charge is -2.28. The lowest BCUT2D eigenvalue weighted by atomic mass is 10.1. The number of hydrogen-bond donors (Lipinski definition) is 1. The van der Waals surface area contributed by atoms with Gasteiger partial charge in [-0.3, -0.25) is 0 Å². The molecule has 0 aromatic carbocycles. The average Bonchev–Trinajstić information content (AvgIpc) is 3.11. The third-order valence-electron chi connectivity index (χ3n) is 3.86. The van der Waals surface area contributed by atoms with E-state index in [1.165, 1.54) is 32.1 Å². The van der Waals surface area contributed by atoms with Gasteiger partial charge in [-0.25, -0.2) is 0 Å². The van der Waals surface area contributed by atoms with Gasteiger partial charge in [0, 0.05) is 19.2 Å². The molecule has 1 saturated heterocycles. The Morgan fingerprint density at radius 3 is 2.75 bits per heavy atom. The van der Waals surface area contributed by atoms with E-state index in [4.69, 9.17) is 10.5 Å². The van der Waals surface area contributed by atoms with E-state index in [-0.39, 0.29) is 0 Å². The lowest BCUT2D eigenvalue weighted by molar-refractivity contribution is -0.00180. The van der Waals surface area contributed by atoms with Crippen molar-refractivity contribution in [2.45, 2.75) is 50.7 Å². The molecule has 94 valence electrons. The van der Waals surface area contributed by atoms with Crippen molar-refractivity contribution in [3.63, 3.8) is 0 Å². The molecule has 2 unspecified atom stereocenters. The first-order valence-corrected chi connectivity index (χ1v) is 6.81. The molecule has 1 heterocycles. The summed E-state index contributed by atoms with van der Waals surface area (Å²) in [6.45, 7) is 3.16. The molecule has 3 nitrogen and oxygen atoms in total. The van der Waals surface area contributed by atoms with Gasteiger partial charge in [0.1, 0.15) is 0 Å². The Labute approximate surface area is 99.3 Å². The molecule has 16 heavy (non-hydrogen) atoms. The SMILES string of the molecule is CN(CCC(N)C1CC1)CC1CCCCO1. The number of ether oxygens (including phenoxy) is 1. The first-order valence-electron chi connectivity index (χ1n) is 6.81. The summed E-state index contributed by atoms with van der Waals surface area (Å²) in [5.41, 5.74) is 6.10. The normalized spacial score (nSPS) is 28.3. The van der Waals surface area contributed by atoms with E-state index in [9.17, 15) is 0 Å². The molecule has 0 aromatic rings. The molecule has 0 amide bonds. The van der Waals surface area contributed by atoms with Crippen molar-refractivity contribution in [2.75, 3.05) is 26.7 Å². The van der Waals surface area contributed by atoms with Crippen LogP contribution in [-0.2, 0) is 4.74 Å². The molecule has 0 spiro atoms. The molecule has 1 aliphatic heterocycles. The second kappa shape index (κ2) is 5.99. The fourth-order valence-corrected chi connectivity index (χ4v) is 2.52. The zero-order valence-corrected chi connectivity index (χ0v) is 10.5. The van der Waals surface area contributed by atoms with Crippen molar-refractivity contribution in [2.24, 2.45) is 11.7 Å². The first-order chi connectivity index (χ1) is 7.75. The van der Waals surface area contributed by atoms with Crippen LogP contribution in [0.5, 0.6) is 0 Å². The molecular formula is C13H26N2O. The first kappa shape index (κ1) is 12.3. The summed E-state index contributed by atoms with van der Waals surface area (Å²) in [5, 5.41) is 0. The predicted molar refractivity (Wildman–Crippen MR) is 66.4 cm³/mol. The van der Waals surface area contributed by atoms with Crippen LogP contribution in [0.4, 0.5) is 0 Å². The number of nitrogens with zero attached hydrogens (tertiary/aromatic N) is 1. The monoisotopic (exact) mass is 226 g/mol. The predicted octanol–water partition coefficient (Wildman–Crippen LogP) is 1.61. The molecule has 2 atom stereocenters. The van der Waals surface area contributed by atoms with Crippen molar-refractivity contribution >= 4 is 0 Å². The Bertz CT molecular complexity index is 200. The zero-order valence-electron chi connectivity index (χ0n) is 10.5. The van der Waals surface area contributed by atoms with Gasteiger partial charge in [-0.05, 0) is 58.0 Å². The van der Waals surface area contributed by atoms with Gasteiger partial charge >= 0.3 is 0 Å². The van der Waals surface area contributed by atoms with Crippen LogP contribution in [0.15, 0.2) is 0 Å². The largest absolute Gasteiger partial charge is 0.377 e. The summed E-state index contributed by atoms with van der Waals surface area (Å²) in [5.74, 6) is 0.833. The molecule has 2 N–H and O–H groups in total. The van der Waals surface area contributed by atoms with Gasteiger partial charge in [0.2, 0.25) is 0 Å². The topological polar surface area (TPSA) is 38.5 Å². The van der Waals surface area contributed by atoms with Crippen LogP contribution >= 0.6 is 0 Å². The van der Waals surface area contributed by atoms with Gasteiger partial charge in [0.25, 0.3) is 0 Å². The summed E-state index contributed by atoms with van der Waals surface area (Å²) in [7, 11) is 2.19. The molecule has 2 rings (SSSR count). The molecular weight excluding hydrogens is 200 g/mol. The molecule has 3 heteroatoms. The minimum atomic E-state index is 0.440. The lowest BCUT2D eigenvalue weighted by Crippen LogP contribution is -2.36. The highest BCUT2D eigenvalue weighted by atomic mass is 16.5. The maximum absolute atomic E-state index is 6.10. The van der Waals surface area contributed by atoms with Crippen LogP contribution in [0.25, 0.3) is 0 Å². The Morgan fingerprint density at radius 1 is 1.31 bits per heavy atom. The second-order valence-corrected chi connectivity index (χ2v) is 5.54. The standard InChI is InChI=1S/C13H26N2O/c1-15(8-7-13(14)11-5-6-11)10-12-4-2-3-9-16-12/h11-13H,2-10,14H2,1H3. The average molecular weight is 226 g/mol. The summed E-state index contributed by atoms with van der Waals surface area (Å²) < 4.78 is 5.74. The molecule has 2 fully saturated rings. The minimum absolute atomic E-state index is 0.440. The Morgan fingerprint density at radius 2 is 2.12 bits per heavy atom. The number of rotatable bonds is 6. The summed E-state index contributed by atoms with van der Waals surface area (Å²) in [4.78, 5) is 2.39. The molecule has 0 aromatic heterocycles. The van der Waals surface area contributed by atoms with E-state index in [2.05, 4.69) is 11.9 Å². The third kappa shape index (κ3) is 4.04. The number of hydrogen-bond acceptors (Lipinski definition) is 3. The van der Waals surface area contributed by atoms with Crippen molar-refractivity contribution in [3.8, 4) is 0 Å². The third-order valence-corrected chi connectivity index (χ3v) is 3.86. The van der Waals surface area contributed by atoms with Crippen LogP contribution in [0.1, 0.15) is 38.5 Å². The number of nitrogens with two attached hydrogens (primary N) is 1. The summed E-state index contributed by atoms with van der Waals surface area (Å²) in [6.07, 6.45) is 8.14. The minimum Gasteiger partial charge on any atom is -0.377 e. The van der Waals surface area contributed by atoms with Gasteiger partial charge in [-0.2, -0.15) is 0 Å². The molecule has 1 aliphatic carbocycles. The van der Waals surface area contributed by atoms with Crippen molar-refractivity contribution in [1.82, 2.24) is 4.90 Å². The van der Waals surface area contributed by atoms with Crippen LogP contribution in [0, 0.1) is 5.92 Å². The smallest absolute Gasteiger partial charge is 0.0701 e. The summed E-state index contributed by atoms with van der Waals surface area (Å²) >= 11 is 0. The highest BCUT2D eigenvalue weighted by molar-refractivity contribution is 4.84. The molecule has 0 radical (unpaired) electrons. The quantitative estimate of drug-likeness (QED) is 0.748. The fraction of sp³-hybridized carbons (Fsp3) is 1.00. The Kier molecular flexibility index (Phi) is 4.62. The van der Waals surface area contributed by atoms with Crippen LogP contribution in [0.3, 0.4) is 0 Å². The second-order valence-electron chi connectivity index (χ2n) is 5.54. The van der Waals surface area contributed by atoms with Crippen molar-refractivity contribution in [3.05, 3.63) is 0 Å². The van der Waals surface area contributed by atoms with Gasteiger partial charge in [0.15, 0.2) is 0 Å². The highest BCUT2D eigenvalue weighted by Gasteiger charge is 2.28. The molecule has 1 saturated carbocycles. The van der Waals surface area contributed by atoms with Crippen LogP contribution in [0.2, 0.25) is 0 Å². The maximum atomic E-state index is 6.10. The van der Waals surface area contributed by atoms with E-state index in [1.54, 1.807) is 0 Å². The van der Waals surface area contributed by atoms with Gasteiger partial charge in [-0.15, -0.1) is 0 Å². The van der Waals surface area contributed by atoms with Gasteiger partial charge < -0.3 is 15.4 Å². The summed E-state index contributed by atoms with van der Waals surface area (Å²) in [6, 6.07) is 0.440. The zero-order chi connectivity index (χ0) is 11.4. The van der Waals surface area contributed by atoms with Gasteiger partial charge in [0.05, 0.1) is 6.10 Å². The highest BCUT2D eigenvalue weighted by Crippen LogP contribution is 2.32. The van der Waals surface area contributed by atoms with E-state index in [1.807, 2.05) is 0 Å². The van der Waals surface area contributed by atoms with Crippen molar-refractivity contribution in [1.29, 1.82) is 0 Å². The maximum Gasteiger partial charge on any atom is 0.0701 e.